The van der Waals surface area contributed by atoms with Crippen molar-refractivity contribution in [1.82, 2.24) is 9.61 Å². The van der Waals surface area contributed by atoms with E-state index in [1.54, 1.807) is 7.11 Å². The number of rotatable bonds is 2. The van der Waals surface area contributed by atoms with Crippen LogP contribution in [0.4, 0.5) is 0 Å². The van der Waals surface area contributed by atoms with E-state index in [0.717, 1.165) is 22.5 Å². The first kappa shape index (κ1) is 9.90. The Morgan fingerprint density at radius 1 is 1.06 bits per heavy atom. The first-order valence-corrected chi connectivity index (χ1v) is 5.46. The van der Waals surface area contributed by atoms with Crippen molar-refractivity contribution in [3.8, 4) is 17.0 Å². The van der Waals surface area contributed by atoms with Gasteiger partial charge in [-0.05, 0) is 12.1 Å². The Morgan fingerprint density at radius 2 is 1.88 bits per heavy atom. The lowest BCUT2D eigenvalue weighted by atomic mass is 10.1. The van der Waals surface area contributed by atoms with Gasteiger partial charge in [-0.25, -0.2) is 4.52 Å². The lowest BCUT2D eigenvalue weighted by molar-refractivity contribution is 0.414. The van der Waals surface area contributed by atoms with Crippen molar-refractivity contribution in [2.24, 2.45) is 0 Å². The van der Waals surface area contributed by atoms with Crippen LogP contribution in [0.5, 0.6) is 5.75 Å². The maximum absolute atomic E-state index is 5.20. The molecule has 0 aliphatic rings. The van der Waals surface area contributed by atoms with Crippen LogP contribution in [0.25, 0.3) is 16.8 Å². The van der Waals surface area contributed by atoms with Crippen LogP contribution < -0.4 is 4.74 Å². The molecule has 0 bridgehead atoms. The fourth-order valence-electron chi connectivity index (χ4n) is 1.85. The molecule has 0 amide bonds. The van der Waals surface area contributed by atoms with Crippen LogP contribution in [0.2, 0.25) is 0 Å². The number of pyridine rings is 1. The largest absolute Gasteiger partial charge is 0.497 e. The van der Waals surface area contributed by atoms with E-state index in [-0.39, 0.29) is 0 Å². The third kappa shape index (κ3) is 1.76. The van der Waals surface area contributed by atoms with E-state index in [0.29, 0.717) is 0 Å². The van der Waals surface area contributed by atoms with Gasteiger partial charge in [0.1, 0.15) is 5.75 Å². The number of ether oxygens (including phenoxy) is 1. The third-order valence-corrected chi connectivity index (χ3v) is 2.74. The molecule has 0 spiro atoms. The fraction of sp³-hybridized carbons (Fsp3) is 0.0714. The first-order valence-electron chi connectivity index (χ1n) is 5.46. The van der Waals surface area contributed by atoms with Crippen molar-refractivity contribution in [3.05, 3.63) is 54.7 Å². The van der Waals surface area contributed by atoms with Gasteiger partial charge in [0.15, 0.2) is 0 Å². The van der Waals surface area contributed by atoms with Crippen LogP contribution in [0.15, 0.2) is 54.7 Å². The van der Waals surface area contributed by atoms with E-state index >= 15 is 0 Å². The summed E-state index contributed by atoms with van der Waals surface area (Å²) in [5.74, 6) is 0.844. The molecule has 3 aromatic rings. The number of methoxy groups -OCH3 is 1. The molecule has 0 unspecified atom stereocenters. The molecule has 2 heterocycles. The normalized spacial score (nSPS) is 10.6. The molecule has 0 atom stereocenters. The molecule has 2 aromatic heterocycles. The zero-order valence-corrected chi connectivity index (χ0v) is 9.50. The maximum Gasteiger partial charge on any atom is 0.122 e. The minimum absolute atomic E-state index is 0.844. The number of nitrogens with zero attached hydrogens (tertiary/aromatic N) is 2. The number of benzene rings is 1. The van der Waals surface area contributed by atoms with E-state index in [1.807, 2.05) is 41.0 Å². The van der Waals surface area contributed by atoms with Crippen molar-refractivity contribution in [3.63, 3.8) is 0 Å². The molecule has 17 heavy (non-hydrogen) atoms. The molecule has 3 nitrogen and oxygen atoms in total. The molecule has 84 valence electrons. The quantitative estimate of drug-likeness (QED) is 0.669. The average Bonchev–Trinajstić information content (AvgIpc) is 2.82. The van der Waals surface area contributed by atoms with Crippen LogP contribution in [0.3, 0.4) is 0 Å². The van der Waals surface area contributed by atoms with Crippen LogP contribution in [-0.4, -0.2) is 16.7 Å². The summed E-state index contributed by atoms with van der Waals surface area (Å²) in [5.41, 5.74) is 3.12. The van der Waals surface area contributed by atoms with Crippen molar-refractivity contribution in [1.29, 1.82) is 0 Å². The second-order valence-electron chi connectivity index (χ2n) is 3.83. The smallest absolute Gasteiger partial charge is 0.122 e. The topological polar surface area (TPSA) is 26.5 Å². The van der Waals surface area contributed by atoms with Gasteiger partial charge in [-0.3, -0.25) is 0 Å². The average molecular weight is 224 g/mol. The number of fused-ring (bicyclic) bond motifs is 1. The zero-order valence-electron chi connectivity index (χ0n) is 9.50. The van der Waals surface area contributed by atoms with Crippen LogP contribution in [0, 0.1) is 0 Å². The Morgan fingerprint density at radius 3 is 2.65 bits per heavy atom. The molecular formula is C14H12N2O. The van der Waals surface area contributed by atoms with E-state index in [2.05, 4.69) is 23.3 Å². The number of aromatic nitrogens is 2. The lowest BCUT2D eigenvalue weighted by Crippen LogP contribution is -1.88. The Labute approximate surface area is 99.3 Å². The van der Waals surface area contributed by atoms with Crippen LogP contribution in [-0.2, 0) is 0 Å². The summed E-state index contributed by atoms with van der Waals surface area (Å²) in [6, 6.07) is 16.1. The lowest BCUT2D eigenvalue weighted by Gasteiger charge is -1.98. The van der Waals surface area contributed by atoms with Crippen molar-refractivity contribution >= 4 is 5.52 Å². The van der Waals surface area contributed by atoms with E-state index in [4.69, 9.17) is 4.74 Å². The second kappa shape index (κ2) is 3.94. The van der Waals surface area contributed by atoms with Gasteiger partial charge in [-0.2, -0.15) is 5.10 Å². The van der Waals surface area contributed by atoms with Crippen molar-refractivity contribution in [2.45, 2.75) is 0 Å². The molecule has 3 heteroatoms. The molecule has 0 aliphatic carbocycles. The maximum atomic E-state index is 5.20. The van der Waals surface area contributed by atoms with Gasteiger partial charge >= 0.3 is 0 Å². The SMILES string of the molecule is COc1ccn2nc(-c3ccccc3)cc2c1. The van der Waals surface area contributed by atoms with E-state index in [1.165, 1.54) is 0 Å². The van der Waals surface area contributed by atoms with Gasteiger partial charge in [0, 0.05) is 17.8 Å². The summed E-state index contributed by atoms with van der Waals surface area (Å²) >= 11 is 0. The summed E-state index contributed by atoms with van der Waals surface area (Å²) in [7, 11) is 1.67. The predicted octanol–water partition coefficient (Wildman–Crippen LogP) is 3.01. The molecule has 0 fully saturated rings. The van der Waals surface area contributed by atoms with Gasteiger partial charge in [-0.15, -0.1) is 0 Å². The third-order valence-electron chi connectivity index (χ3n) is 2.74. The van der Waals surface area contributed by atoms with Gasteiger partial charge in [0.2, 0.25) is 0 Å². The number of hydrogen-bond donors (Lipinski definition) is 0. The second-order valence-corrected chi connectivity index (χ2v) is 3.83. The number of hydrogen-bond acceptors (Lipinski definition) is 2. The highest BCUT2D eigenvalue weighted by Gasteiger charge is 2.04. The molecule has 3 rings (SSSR count). The van der Waals surface area contributed by atoms with Crippen molar-refractivity contribution < 1.29 is 4.74 Å². The van der Waals surface area contributed by atoms with Gasteiger partial charge in [0.05, 0.1) is 18.3 Å². The highest BCUT2D eigenvalue weighted by Crippen LogP contribution is 2.21. The Hall–Kier alpha value is -2.29. The summed E-state index contributed by atoms with van der Waals surface area (Å²) in [6.07, 6.45) is 1.90. The molecule has 0 saturated carbocycles. The Kier molecular flexibility index (Phi) is 2.29. The van der Waals surface area contributed by atoms with Gasteiger partial charge in [0.25, 0.3) is 0 Å². The molecular weight excluding hydrogens is 212 g/mol. The summed E-state index contributed by atoms with van der Waals surface area (Å²) in [4.78, 5) is 0. The Bertz CT molecular complexity index is 644. The minimum Gasteiger partial charge on any atom is -0.497 e. The summed E-state index contributed by atoms with van der Waals surface area (Å²) in [6.45, 7) is 0. The summed E-state index contributed by atoms with van der Waals surface area (Å²) in [5, 5.41) is 4.52. The molecule has 0 aliphatic heterocycles. The summed E-state index contributed by atoms with van der Waals surface area (Å²) < 4.78 is 7.05. The van der Waals surface area contributed by atoms with E-state index < -0.39 is 0 Å². The molecule has 0 radical (unpaired) electrons. The molecule has 0 N–H and O–H groups in total. The highest BCUT2D eigenvalue weighted by molar-refractivity contribution is 5.66. The van der Waals surface area contributed by atoms with Crippen molar-refractivity contribution in [2.75, 3.05) is 7.11 Å². The fourth-order valence-corrected chi connectivity index (χ4v) is 1.85. The van der Waals surface area contributed by atoms with Crippen LogP contribution >= 0.6 is 0 Å². The van der Waals surface area contributed by atoms with Gasteiger partial charge in [-0.1, -0.05) is 30.3 Å². The molecule has 0 saturated heterocycles. The Balaban J connectivity index is 2.14. The zero-order chi connectivity index (χ0) is 11.7. The highest BCUT2D eigenvalue weighted by atomic mass is 16.5. The van der Waals surface area contributed by atoms with E-state index in [9.17, 15) is 0 Å². The standard InChI is InChI=1S/C14H12N2O/c1-17-13-7-8-16-12(9-13)10-14(15-16)11-5-3-2-4-6-11/h2-10H,1H3. The monoisotopic (exact) mass is 224 g/mol. The predicted molar refractivity (Wildman–Crippen MR) is 67.2 cm³/mol. The van der Waals surface area contributed by atoms with Gasteiger partial charge < -0.3 is 4.74 Å². The van der Waals surface area contributed by atoms with Crippen LogP contribution in [0.1, 0.15) is 0 Å². The molecule has 1 aromatic carbocycles. The first-order chi connectivity index (χ1) is 8.36. The minimum atomic E-state index is 0.844.